The molecule has 3 aliphatic rings. The highest BCUT2D eigenvalue weighted by Crippen LogP contribution is 2.24. The molecule has 2 aromatic rings. The van der Waals surface area contributed by atoms with Gasteiger partial charge in [0, 0.05) is 46.3 Å². The zero-order chi connectivity index (χ0) is 32.1. The lowest BCUT2D eigenvalue weighted by Crippen LogP contribution is -2.41. The second-order valence-electron chi connectivity index (χ2n) is 10.8. The second-order valence-corrected chi connectivity index (χ2v) is 10.8. The molecule has 11 heteroatoms. The quantitative estimate of drug-likeness (QED) is 0.308. The van der Waals surface area contributed by atoms with Crippen LogP contribution in [0.25, 0.3) is 6.08 Å². The molecule has 5 rings (SSSR count). The van der Waals surface area contributed by atoms with Crippen molar-refractivity contribution >= 4 is 41.4 Å². The highest BCUT2D eigenvalue weighted by molar-refractivity contribution is 6.06. The summed E-state index contributed by atoms with van der Waals surface area (Å²) in [5.41, 5.74) is 9.39. The van der Waals surface area contributed by atoms with Crippen LogP contribution >= 0.6 is 0 Å². The first-order valence-corrected chi connectivity index (χ1v) is 14.7. The average Bonchev–Trinajstić information content (AvgIpc) is 3.70. The van der Waals surface area contributed by atoms with E-state index in [1.54, 1.807) is 19.0 Å². The van der Waals surface area contributed by atoms with Crippen LogP contribution in [0.15, 0.2) is 47.6 Å². The fourth-order valence-electron chi connectivity index (χ4n) is 4.98. The number of carbonyl (C=O) groups is 4. The van der Waals surface area contributed by atoms with E-state index in [0.717, 1.165) is 63.7 Å². The van der Waals surface area contributed by atoms with Gasteiger partial charge in [-0.15, -0.1) is 12.8 Å². The van der Waals surface area contributed by atoms with Crippen molar-refractivity contribution in [3.63, 3.8) is 0 Å². The van der Waals surface area contributed by atoms with Crippen LogP contribution in [-0.2, 0) is 16.0 Å². The van der Waals surface area contributed by atoms with E-state index in [1.807, 2.05) is 29.2 Å². The van der Waals surface area contributed by atoms with E-state index >= 15 is 0 Å². The Balaban J connectivity index is 0.000000251. The van der Waals surface area contributed by atoms with Gasteiger partial charge < -0.3 is 20.4 Å². The number of benzene rings is 1. The van der Waals surface area contributed by atoms with Crippen LogP contribution in [0.2, 0.25) is 0 Å². The van der Waals surface area contributed by atoms with Gasteiger partial charge in [0.05, 0.1) is 17.8 Å². The topological polar surface area (TPSA) is 141 Å². The van der Waals surface area contributed by atoms with Crippen molar-refractivity contribution in [3.8, 4) is 12.8 Å². The van der Waals surface area contributed by atoms with Gasteiger partial charge in [-0.3, -0.25) is 29.5 Å². The number of rotatable bonds is 5. The van der Waals surface area contributed by atoms with Gasteiger partial charge in [0.25, 0.3) is 11.8 Å². The number of pyridine rings is 1. The number of carbonyl (C=O) groups excluding carboxylic acids is 4. The number of nitrogens with two attached hydrogens (primary N) is 1. The van der Waals surface area contributed by atoms with Gasteiger partial charge >= 0.3 is 0 Å². The third-order valence-electron chi connectivity index (χ3n) is 7.36. The molecule has 2 fully saturated rings. The summed E-state index contributed by atoms with van der Waals surface area (Å²) in [7, 11) is 3.27. The molecule has 2 saturated heterocycles. The Labute approximate surface area is 259 Å². The number of nitrogens with one attached hydrogen (secondary N) is 1. The monoisotopic (exact) mass is 599 g/mol. The molecule has 0 atom stereocenters. The minimum absolute atomic E-state index is 0.00892. The molecule has 3 heterocycles. The predicted molar refractivity (Wildman–Crippen MR) is 171 cm³/mol. The van der Waals surface area contributed by atoms with Crippen LogP contribution in [0.5, 0.6) is 0 Å². The zero-order valence-corrected chi connectivity index (χ0v) is 25.5. The fourth-order valence-corrected chi connectivity index (χ4v) is 4.98. The number of allylic oxidation sites excluding steroid dienone is 1. The first-order valence-electron chi connectivity index (χ1n) is 14.7. The Morgan fingerprint density at radius 2 is 1.75 bits per heavy atom. The summed E-state index contributed by atoms with van der Waals surface area (Å²) in [6.07, 6.45) is 20.3. The molecule has 1 aliphatic carbocycles. The lowest BCUT2D eigenvalue weighted by Gasteiger charge is -2.23. The maximum Gasteiger partial charge on any atom is 0.271 e. The largest absolute Gasteiger partial charge is 0.369 e. The summed E-state index contributed by atoms with van der Waals surface area (Å²) >= 11 is 0. The number of aliphatic imine (C=N–C) groups is 1. The molecule has 44 heavy (non-hydrogen) atoms. The van der Waals surface area contributed by atoms with Gasteiger partial charge in [-0.1, -0.05) is 24.6 Å². The molecule has 11 nitrogen and oxygen atoms in total. The number of fused-ring (bicyclic) bond motifs is 1. The molecule has 0 spiro atoms. The van der Waals surface area contributed by atoms with Crippen LogP contribution in [0.1, 0.15) is 70.5 Å². The van der Waals surface area contributed by atoms with Crippen molar-refractivity contribution in [2.45, 2.75) is 44.9 Å². The van der Waals surface area contributed by atoms with Gasteiger partial charge in [-0.2, -0.15) is 0 Å². The van der Waals surface area contributed by atoms with Crippen LogP contribution < -0.4 is 11.1 Å². The normalized spacial score (nSPS) is 15.6. The number of terminal acetylenes is 1. The van der Waals surface area contributed by atoms with E-state index < -0.39 is 5.91 Å². The van der Waals surface area contributed by atoms with Gasteiger partial charge in [-0.25, -0.2) is 4.99 Å². The second kappa shape index (κ2) is 16.6. The first-order chi connectivity index (χ1) is 21.2. The lowest BCUT2D eigenvalue weighted by molar-refractivity contribution is -0.139. The van der Waals surface area contributed by atoms with Crippen molar-refractivity contribution in [1.82, 2.24) is 25.0 Å². The van der Waals surface area contributed by atoms with Gasteiger partial charge in [0.2, 0.25) is 17.8 Å². The summed E-state index contributed by atoms with van der Waals surface area (Å²) in [5.74, 6) is -0.393. The van der Waals surface area contributed by atoms with E-state index in [9.17, 15) is 19.2 Å². The highest BCUT2D eigenvalue weighted by Gasteiger charge is 2.24. The van der Waals surface area contributed by atoms with E-state index in [2.05, 4.69) is 34.2 Å². The van der Waals surface area contributed by atoms with E-state index in [1.165, 1.54) is 28.8 Å². The SMILES string of the molecule is C#C.CN(C)C(=O)c1ccc(C(=O)NC(N)=Nc2ccc3c(c2)C=CC3)cn1.O=C(CN1CCCCCC1=O)N1CCCC1. The number of hydrogen-bond donors (Lipinski definition) is 2. The Hall–Kier alpha value is -4.98. The van der Waals surface area contributed by atoms with E-state index in [-0.39, 0.29) is 34.9 Å². The smallest absolute Gasteiger partial charge is 0.271 e. The van der Waals surface area contributed by atoms with Crippen molar-refractivity contribution in [2.75, 3.05) is 40.3 Å². The van der Waals surface area contributed by atoms with Crippen LogP contribution in [0.3, 0.4) is 0 Å². The molecule has 0 saturated carbocycles. The standard InChI is InChI=1S/C19H19N5O2.C12H20N2O2.C2H2/c1-24(2)18(26)16-9-7-14(11-21-16)17(25)23-19(20)22-15-8-6-12-4-3-5-13(12)10-15;15-11-6-2-1-3-9-14(11)10-12(16)13-7-4-5-8-13;1-2/h3,5-11H,4H2,1-2H3,(H3,20,22,23,25);1-10H2;1-2H. The number of likely N-dealkylation sites (tertiary alicyclic amines) is 2. The molecule has 4 amide bonds. The number of guanidine groups is 1. The third-order valence-corrected chi connectivity index (χ3v) is 7.36. The maximum atomic E-state index is 12.2. The van der Waals surface area contributed by atoms with Crippen LogP contribution in [0.4, 0.5) is 5.69 Å². The number of hydrogen-bond acceptors (Lipinski definition) is 6. The Morgan fingerprint density at radius 3 is 2.43 bits per heavy atom. The summed E-state index contributed by atoms with van der Waals surface area (Å²) < 4.78 is 0. The van der Waals surface area contributed by atoms with E-state index in [0.29, 0.717) is 18.7 Å². The molecule has 3 N–H and O–H groups in total. The summed E-state index contributed by atoms with van der Waals surface area (Å²) in [6, 6.07) is 8.78. The maximum absolute atomic E-state index is 12.2. The molecule has 1 aromatic carbocycles. The van der Waals surface area contributed by atoms with Crippen LogP contribution in [0, 0.1) is 12.8 Å². The summed E-state index contributed by atoms with van der Waals surface area (Å²) in [4.78, 5) is 60.9. The number of amides is 4. The van der Waals surface area contributed by atoms with Crippen molar-refractivity contribution < 1.29 is 19.2 Å². The Kier molecular flexibility index (Phi) is 12.6. The van der Waals surface area contributed by atoms with Crippen molar-refractivity contribution in [2.24, 2.45) is 10.7 Å². The Bertz CT molecular complexity index is 1410. The molecular formula is C33H41N7O4. The molecule has 0 radical (unpaired) electrons. The van der Waals surface area contributed by atoms with Crippen LogP contribution in [-0.4, -0.2) is 89.5 Å². The molecule has 1 aromatic heterocycles. The molecular weight excluding hydrogens is 558 g/mol. The fraction of sp³-hybridized carbons (Fsp3) is 0.394. The predicted octanol–water partition coefficient (Wildman–Crippen LogP) is 2.99. The highest BCUT2D eigenvalue weighted by atomic mass is 16.2. The van der Waals surface area contributed by atoms with Gasteiger partial charge in [0.15, 0.2) is 0 Å². The van der Waals surface area contributed by atoms with Crippen molar-refractivity contribution in [3.05, 3.63) is 65.0 Å². The Morgan fingerprint density at radius 1 is 1.02 bits per heavy atom. The summed E-state index contributed by atoms with van der Waals surface area (Å²) in [6.45, 7) is 2.82. The third kappa shape index (κ3) is 9.52. The number of aromatic nitrogens is 1. The average molecular weight is 600 g/mol. The molecule has 0 bridgehead atoms. The lowest BCUT2D eigenvalue weighted by atomic mass is 10.1. The molecule has 2 aliphatic heterocycles. The van der Waals surface area contributed by atoms with Gasteiger partial charge in [0.1, 0.15) is 5.69 Å². The molecule has 232 valence electrons. The molecule has 0 unspecified atom stereocenters. The zero-order valence-electron chi connectivity index (χ0n) is 25.5. The van der Waals surface area contributed by atoms with E-state index in [4.69, 9.17) is 5.73 Å². The number of nitrogens with zero attached hydrogens (tertiary/aromatic N) is 5. The minimum atomic E-state index is -0.441. The van der Waals surface area contributed by atoms with Crippen molar-refractivity contribution in [1.29, 1.82) is 0 Å². The summed E-state index contributed by atoms with van der Waals surface area (Å²) in [5, 5.41) is 2.52. The van der Waals surface area contributed by atoms with Gasteiger partial charge in [-0.05, 0) is 67.5 Å². The first kappa shape index (κ1) is 33.5. The minimum Gasteiger partial charge on any atom is -0.369 e.